The fraction of sp³-hybridized carbons (Fsp3) is 0.421. The first-order chi connectivity index (χ1) is 13.0. The number of thioether (sulfide) groups is 1. The molecular weight excluding hydrogens is 366 g/mol. The number of esters is 1. The molecule has 1 aromatic carbocycles. The minimum atomic E-state index is -0.512. The highest BCUT2D eigenvalue weighted by molar-refractivity contribution is 7.99. The zero-order valence-electron chi connectivity index (χ0n) is 15.4. The second-order valence-corrected chi connectivity index (χ2v) is 7.42. The highest BCUT2D eigenvalue weighted by atomic mass is 32.2. The van der Waals surface area contributed by atoms with Crippen molar-refractivity contribution in [2.75, 3.05) is 24.3 Å². The van der Waals surface area contributed by atoms with E-state index in [-0.39, 0.29) is 12.7 Å². The quantitative estimate of drug-likeness (QED) is 0.579. The molecule has 2 aromatic rings. The fourth-order valence-corrected chi connectivity index (χ4v) is 3.95. The molecule has 27 heavy (non-hydrogen) atoms. The molecule has 0 saturated carbocycles. The van der Waals surface area contributed by atoms with E-state index in [0.29, 0.717) is 11.4 Å². The lowest BCUT2D eigenvalue weighted by Gasteiger charge is -2.12. The van der Waals surface area contributed by atoms with Gasteiger partial charge in [-0.3, -0.25) is 9.48 Å². The Morgan fingerprint density at radius 3 is 2.93 bits per heavy atom. The van der Waals surface area contributed by atoms with Crippen molar-refractivity contribution in [2.24, 2.45) is 7.05 Å². The molecule has 1 amide bonds. The molecule has 0 radical (unpaired) electrons. The van der Waals surface area contributed by atoms with Crippen molar-refractivity contribution in [2.45, 2.75) is 30.8 Å². The van der Waals surface area contributed by atoms with Gasteiger partial charge in [-0.2, -0.15) is 5.10 Å². The average molecular weight is 389 g/mol. The van der Waals surface area contributed by atoms with E-state index in [0.717, 1.165) is 35.8 Å². The molecule has 7 nitrogen and oxygen atoms in total. The maximum absolute atomic E-state index is 12.4. The number of nitrogens with zero attached hydrogens (tertiary/aromatic N) is 2. The summed E-state index contributed by atoms with van der Waals surface area (Å²) in [6.45, 7) is 2.29. The van der Waals surface area contributed by atoms with Crippen molar-refractivity contribution in [1.82, 2.24) is 9.78 Å². The fourth-order valence-electron chi connectivity index (χ4n) is 2.84. The minimum Gasteiger partial charge on any atom is -0.452 e. The molecule has 0 spiro atoms. The van der Waals surface area contributed by atoms with Crippen molar-refractivity contribution < 1.29 is 19.1 Å². The first-order valence-electron chi connectivity index (χ1n) is 8.84. The second kappa shape index (κ2) is 9.05. The Balaban J connectivity index is 1.54. The Morgan fingerprint density at radius 2 is 2.22 bits per heavy atom. The molecule has 2 heterocycles. The van der Waals surface area contributed by atoms with E-state index in [1.54, 1.807) is 41.7 Å². The van der Waals surface area contributed by atoms with Crippen LogP contribution in [0.5, 0.6) is 0 Å². The summed E-state index contributed by atoms with van der Waals surface area (Å²) < 4.78 is 12.4. The summed E-state index contributed by atoms with van der Waals surface area (Å²) in [7, 11) is 1.73. The lowest BCUT2D eigenvalue weighted by Crippen LogP contribution is -2.22. The second-order valence-electron chi connectivity index (χ2n) is 6.36. The summed E-state index contributed by atoms with van der Waals surface area (Å²) in [5.74, 6) is 0.434. The lowest BCUT2D eigenvalue weighted by molar-refractivity contribution is -0.119. The van der Waals surface area contributed by atoms with Crippen LogP contribution in [0.15, 0.2) is 35.2 Å². The summed E-state index contributed by atoms with van der Waals surface area (Å²) in [4.78, 5) is 25.3. The standard InChI is InChI=1S/C19H23N3O4S/c1-13-10-17(22(2)21-13)20-18(23)11-26-19(24)15-7-3-4-8-16(15)27-12-14-6-5-9-25-14/h3-4,7-8,10,14H,5-6,9,11-12H2,1-2H3,(H,20,23). The van der Waals surface area contributed by atoms with E-state index in [2.05, 4.69) is 10.4 Å². The molecule has 8 heteroatoms. The largest absolute Gasteiger partial charge is 0.452 e. The average Bonchev–Trinajstić information content (AvgIpc) is 3.28. The molecular formula is C19H23N3O4S. The number of nitrogens with one attached hydrogen (secondary N) is 1. The smallest absolute Gasteiger partial charge is 0.339 e. The normalized spacial score (nSPS) is 16.3. The number of rotatable bonds is 7. The predicted octanol–water partition coefficient (Wildman–Crippen LogP) is 2.80. The molecule has 1 saturated heterocycles. The Morgan fingerprint density at radius 1 is 1.41 bits per heavy atom. The first kappa shape index (κ1) is 19.4. The highest BCUT2D eigenvalue weighted by Gasteiger charge is 2.19. The topological polar surface area (TPSA) is 82.5 Å². The summed E-state index contributed by atoms with van der Waals surface area (Å²) in [6, 6.07) is 9.01. The molecule has 0 bridgehead atoms. The van der Waals surface area contributed by atoms with Crippen LogP contribution in [0.4, 0.5) is 5.82 Å². The van der Waals surface area contributed by atoms with Gasteiger partial charge in [0.25, 0.3) is 5.91 Å². The molecule has 1 aliphatic rings. The Kier molecular flexibility index (Phi) is 6.52. The number of aromatic nitrogens is 2. The maximum atomic E-state index is 12.4. The van der Waals surface area contributed by atoms with Gasteiger partial charge in [0.05, 0.1) is 17.4 Å². The summed E-state index contributed by atoms with van der Waals surface area (Å²) in [6.07, 6.45) is 2.36. The number of ether oxygens (including phenoxy) is 2. The number of carbonyl (C=O) groups is 2. The van der Waals surface area contributed by atoms with Gasteiger partial charge in [0.15, 0.2) is 6.61 Å². The molecule has 1 atom stereocenters. The van der Waals surface area contributed by atoms with Gasteiger partial charge >= 0.3 is 5.97 Å². The Hall–Kier alpha value is -2.32. The SMILES string of the molecule is Cc1cc(NC(=O)COC(=O)c2ccccc2SCC2CCCO2)n(C)n1. The number of hydrogen-bond acceptors (Lipinski definition) is 6. The monoisotopic (exact) mass is 389 g/mol. The maximum Gasteiger partial charge on any atom is 0.339 e. The number of anilines is 1. The van der Waals surface area contributed by atoms with Crippen molar-refractivity contribution in [3.63, 3.8) is 0 Å². The van der Waals surface area contributed by atoms with Crippen LogP contribution in [-0.2, 0) is 21.3 Å². The first-order valence-corrected chi connectivity index (χ1v) is 9.82. The van der Waals surface area contributed by atoms with E-state index in [1.807, 2.05) is 19.1 Å². The summed E-state index contributed by atoms with van der Waals surface area (Å²) in [5, 5.41) is 6.83. The predicted molar refractivity (Wildman–Crippen MR) is 103 cm³/mol. The summed E-state index contributed by atoms with van der Waals surface area (Å²) in [5.41, 5.74) is 1.26. The van der Waals surface area contributed by atoms with E-state index in [4.69, 9.17) is 9.47 Å². The third-order valence-electron chi connectivity index (χ3n) is 4.16. The summed E-state index contributed by atoms with van der Waals surface area (Å²) >= 11 is 1.58. The van der Waals surface area contributed by atoms with Gasteiger partial charge in [0.1, 0.15) is 5.82 Å². The molecule has 1 fully saturated rings. The number of benzene rings is 1. The van der Waals surface area contributed by atoms with E-state index < -0.39 is 11.9 Å². The van der Waals surface area contributed by atoms with Crippen LogP contribution >= 0.6 is 11.8 Å². The van der Waals surface area contributed by atoms with E-state index >= 15 is 0 Å². The van der Waals surface area contributed by atoms with Gasteiger partial charge in [-0.15, -0.1) is 11.8 Å². The highest BCUT2D eigenvalue weighted by Crippen LogP contribution is 2.27. The third kappa shape index (κ3) is 5.33. The van der Waals surface area contributed by atoms with Crippen LogP contribution in [0.1, 0.15) is 28.9 Å². The molecule has 1 aromatic heterocycles. The van der Waals surface area contributed by atoms with Crippen LogP contribution in [-0.4, -0.2) is 46.7 Å². The van der Waals surface area contributed by atoms with Crippen LogP contribution < -0.4 is 5.32 Å². The van der Waals surface area contributed by atoms with Crippen molar-refractivity contribution in [3.05, 3.63) is 41.6 Å². The van der Waals surface area contributed by atoms with Crippen LogP contribution in [0.25, 0.3) is 0 Å². The number of carbonyl (C=O) groups excluding carboxylic acids is 2. The third-order valence-corrected chi connectivity index (χ3v) is 5.36. The molecule has 3 rings (SSSR count). The van der Waals surface area contributed by atoms with Gasteiger partial charge in [-0.1, -0.05) is 12.1 Å². The van der Waals surface area contributed by atoms with Gasteiger partial charge in [-0.25, -0.2) is 4.79 Å². The van der Waals surface area contributed by atoms with Gasteiger partial charge in [0.2, 0.25) is 0 Å². The van der Waals surface area contributed by atoms with Crippen LogP contribution in [0, 0.1) is 6.92 Å². The van der Waals surface area contributed by atoms with Crippen molar-refractivity contribution in [3.8, 4) is 0 Å². The van der Waals surface area contributed by atoms with Crippen molar-refractivity contribution >= 4 is 29.5 Å². The molecule has 1 aliphatic heterocycles. The lowest BCUT2D eigenvalue weighted by atomic mass is 10.2. The molecule has 144 valence electrons. The number of amides is 1. The zero-order chi connectivity index (χ0) is 19.2. The van der Waals surface area contributed by atoms with E-state index in [9.17, 15) is 9.59 Å². The van der Waals surface area contributed by atoms with Crippen LogP contribution in [0.3, 0.4) is 0 Å². The van der Waals surface area contributed by atoms with Crippen molar-refractivity contribution in [1.29, 1.82) is 0 Å². The zero-order valence-corrected chi connectivity index (χ0v) is 16.3. The van der Waals surface area contributed by atoms with Crippen LogP contribution in [0.2, 0.25) is 0 Å². The molecule has 1 N–H and O–H groups in total. The van der Waals surface area contributed by atoms with Gasteiger partial charge < -0.3 is 14.8 Å². The number of aryl methyl sites for hydroxylation is 2. The van der Waals surface area contributed by atoms with E-state index in [1.165, 1.54) is 0 Å². The minimum absolute atomic E-state index is 0.229. The molecule has 1 unspecified atom stereocenters. The Labute approximate surface area is 162 Å². The van der Waals surface area contributed by atoms with Gasteiger partial charge in [0, 0.05) is 30.4 Å². The number of hydrogen-bond donors (Lipinski definition) is 1. The molecule has 0 aliphatic carbocycles. The van der Waals surface area contributed by atoms with Gasteiger partial charge in [-0.05, 0) is 31.9 Å². The Bertz CT molecular complexity index is 815.